The van der Waals surface area contributed by atoms with Crippen LogP contribution >= 0.6 is 0 Å². The summed E-state index contributed by atoms with van der Waals surface area (Å²) in [5, 5.41) is 8.67. The van der Waals surface area contributed by atoms with Gasteiger partial charge in [-0.1, -0.05) is 12.1 Å². The SMILES string of the molecule is N#Cc1cccc(COCc2ccco2)c1F. The van der Waals surface area contributed by atoms with Crippen LogP contribution in [0.3, 0.4) is 0 Å². The molecule has 3 nitrogen and oxygen atoms in total. The molecule has 0 N–H and O–H groups in total. The molecule has 2 rings (SSSR count). The van der Waals surface area contributed by atoms with E-state index in [9.17, 15) is 4.39 Å². The van der Waals surface area contributed by atoms with Crippen molar-refractivity contribution in [3.63, 3.8) is 0 Å². The second-order valence-electron chi connectivity index (χ2n) is 3.46. The molecule has 0 aliphatic carbocycles. The Kier molecular flexibility index (Phi) is 3.53. The Morgan fingerprint density at radius 3 is 2.82 bits per heavy atom. The fourth-order valence-corrected chi connectivity index (χ4v) is 1.43. The number of benzene rings is 1. The van der Waals surface area contributed by atoms with Gasteiger partial charge in [0.25, 0.3) is 0 Å². The molecule has 4 heteroatoms. The number of nitriles is 1. The molecule has 17 heavy (non-hydrogen) atoms. The summed E-state index contributed by atoms with van der Waals surface area (Å²) < 4.78 is 24.0. The van der Waals surface area contributed by atoms with Crippen LogP contribution in [0.4, 0.5) is 4.39 Å². The van der Waals surface area contributed by atoms with Crippen molar-refractivity contribution in [2.24, 2.45) is 0 Å². The molecule has 0 radical (unpaired) electrons. The Morgan fingerprint density at radius 2 is 2.12 bits per heavy atom. The average Bonchev–Trinajstić information content (AvgIpc) is 2.84. The normalized spacial score (nSPS) is 10.1. The summed E-state index contributed by atoms with van der Waals surface area (Å²) in [5.74, 6) is 0.163. The van der Waals surface area contributed by atoms with Crippen LogP contribution in [-0.4, -0.2) is 0 Å². The van der Waals surface area contributed by atoms with Crippen molar-refractivity contribution in [2.45, 2.75) is 13.2 Å². The van der Waals surface area contributed by atoms with Gasteiger partial charge in [0.1, 0.15) is 24.3 Å². The first kappa shape index (κ1) is 11.4. The van der Waals surface area contributed by atoms with E-state index in [4.69, 9.17) is 14.4 Å². The van der Waals surface area contributed by atoms with Crippen molar-refractivity contribution in [1.82, 2.24) is 0 Å². The molecule has 0 aliphatic rings. The van der Waals surface area contributed by atoms with Crippen LogP contribution in [0.1, 0.15) is 16.9 Å². The highest BCUT2D eigenvalue weighted by atomic mass is 19.1. The van der Waals surface area contributed by atoms with Gasteiger partial charge in [0.05, 0.1) is 18.4 Å². The van der Waals surface area contributed by atoms with Gasteiger partial charge in [-0.05, 0) is 18.2 Å². The predicted octanol–water partition coefficient (Wildman–Crippen LogP) is 3.01. The molecule has 1 aromatic heterocycles. The molecule has 0 unspecified atom stereocenters. The minimum absolute atomic E-state index is 0.0316. The summed E-state index contributed by atoms with van der Waals surface area (Å²) in [6, 6.07) is 9.99. The smallest absolute Gasteiger partial charge is 0.146 e. The molecule has 0 bridgehead atoms. The van der Waals surface area contributed by atoms with Gasteiger partial charge in [-0.15, -0.1) is 0 Å². The fraction of sp³-hybridized carbons (Fsp3) is 0.154. The molecule has 0 saturated carbocycles. The van der Waals surface area contributed by atoms with Crippen molar-refractivity contribution in [2.75, 3.05) is 0 Å². The molecule has 1 heterocycles. The van der Waals surface area contributed by atoms with Gasteiger partial charge in [0.2, 0.25) is 0 Å². The van der Waals surface area contributed by atoms with Crippen molar-refractivity contribution >= 4 is 0 Å². The fourth-order valence-electron chi connectivity index (χ4n) is 1.43. The number of hydrogen-bond donors (Lipinski definition) is 0. The zero-order valence-electron chi connectivity index (χ0n) is 9.02. The van der Waals surface area contributed by atoms with Gasteiger partial charge in [0, 0.05) is 5.56 Å². The molecule has 0 aliphatic heterocycles. The van der Waals surface area contributed by atoms with E-state index >= 15 is 0 Å². The van der Waals surface area contributed by atoms with Crippen molar-refractivity contribution in [3.8, 4) is 6.07 Å². The van der Waals surface area contributed by atoms with Crippen LogP contribution in [0, 0.1) is 17.1 Å². The van der Waals surface area contributed by atoms with Crippen LogP contribution in [0.5, 0.6) is 0 Å². The van der Waals surface area contributed by atoms with Gasteiger partial charge in [-0.25, -0.2) is 4.39 Å². The number of ether oxygens (including phenoxy) is 1. The third-order valence-electron chi connectivity index (χ3n) is 2.28. The van der Waals surface area contributed by atoms with Crippen molar-refractivity contribution < 1.29 is 13.5 Å². The predicted molar refractivity (Wildman–Crippen MR) is 58.3 cm³/mol. The van der Waals surface area contributed by atoms with Crippen LogP contribution < -0.4 is 0 Å². The summed E-state index contributed by atoms with van der Waals surface area (Å²) in [6.07, 6.45) is 1.55. The van der Waals surface area contributed by atoms with Gasteiger partial charge in [-0.2, -0.15) is 5.26 Å². The van der Waals surface area contributed by atoms with E-state index in [0.717, 1.165) is 0 Å². The molecule has 0 fully saturated rings. The highest BCUT2D eigenvalue weighted by Crippen LogP contribution is 2.14. The second kappa shape index (κ2) is 5.28. The lowest BCUT2D eigenvalue weighted by atomic mass is 10.1. The maximum absolute atomic E-state index is 13.6. The van der Waals surface area contributed by atoms with E-state index < -0.39 is 5.82 Å². The summed E-state index contributed by atoms with van der Waals surface area (Å²) in [7, 11) is 0. The van der Waals surface area contributed by atoms with E-state index in [0.29, 0.717) is 11.3 Å². The number of halogens is 1. The lowest BCUT2D eigenvalue weighted by Crippen LogP contribution is -1.98. The lowest BCUT2D eigenvalue weighted by Gasteiger charge is -2.04. The third kappa shape index (κ3) is 2.71. The maximum Gasteiger partial charge on any atom is 0.146 e. The monoisotopic (exact) mass is 231 g/mol. The molecule has 0 atom stereocenters. The number of hydrogen-bond acceptors (Lipinski definition) is 3. The molecule has 86 valence electrons. The standard InChI is InChI=1S/C13H10FNO2/c14-13-10(7-15)3-1-4-11(13)8-16-9-12-5-2-6-17-12/h1-6H,8-9H2. The van der Waals surface area contributed by atoms with E-state index in [1.54, 1.807) is 36.6 Å². The average molecular weight is 231 g/mol. The topological polar surface area (TPSA) is 46.2 Å². The Morgan fingerprint density at radius 1 is 1.24 bits per heavy atom. The largest absolute Gasteiger partial charge is 0.467 e. The minimum atomic E-state index is -0.519. The molecule has 2 aromatic rings. The third-order valence-corrected chi connectivity index (χ3v) is 2.28. The number of nitrogens with zero attached hydrogens (tertiary/aromatic N) is 1. The number of furan rings is 1. The molecule has 0 amide bonds. The van der Waals surface area contributed by atoms with Gasteiger partial charge in [-0.3, -0.25) is 0 Å². The Bertz CT molecular complexity index is 529. The molecular formula is C13H10FNO2. The molecule has 1 aromatic carbocycles. The second-order valence-corrected chi connectivity index (χ2v) is 3.46. The Hall–Kier alpha value is -2.12. The lowest BCUT2D eigenvalue weighted by molar-refractivity contribution is 0.0908. The van der Waals surface area contributed by atoms with Crippen LogP contribution in [-0.2, 0) is 18.0 Å². The minimum Gasteiger partial charge on any atom is -0.467 e. The zero-order valence-corrected chi connectivity index (χ0v) is 9.02. The van der Waals surface area contributed by atoms with Gasteiger partial charge in [0.15, 0.2) is 0 Å². The Labute approximate surface area is 98.0 Å². The zero-order chi connectivity index (χ0) is 12.1. The van der Waals surface area contributed by atoms with Gasteiger partial charge < -0.3 is 9.15 Å². The summed E-state index contributed by atoms with van der Waals surface area (Å²) in [6.45, 7) is 0.394. The van der Waals surface area contributed by atoms with Crippen molar-refractivity contribution in [1.29, 1.82) is 5.26 Å². The first-order valence-electron chi connectivity index (χ1n) is 5.09. The van der Waals surface area contributed by atoms with E-state index in [2.05, 4.69) is 0 Å². The van der Waals surface area contributed by atoms with E-state index in [1.807, 2.05) is 0 Å². The first-order chi connectivity index (χ1) is 8.31. The molecular weight excluding hydrogens is 221 g/mol. The highest BCUT2D eigenvalue weighted by Gasteiger charge is 2.07. The van der Waals surface area contributed by atoms with E-state index in [1.165, 1.54) is 6.07 Å². The van der Waals surface area contributed by atoms with Crippen LogP contribution in [0.2, 0.25) is 0 Å². The van der Waals surface area contributed by atoms with E-state index in [-0.39, 0.29) is 18.8 Å². The number of rotatable bonds is 4. The van der Waals surface area contributed by atoms with Crippen LogP contribution in [0.25, 0.3) is 0 Å². The van der Waals surface area contributed by atoms with Gasteiger partial charge >= 0.3 is 0 Å². The Balaban J connectivity index is 1.98. The summed E-state index contributed by atoms with van der Waals surface area (Å²) in [5.41, 5.74) is 0.403. The maximum atomic E-state index is 13.6. The summed E-state index contributed by atoms with van der Waals surface area (Å²) in [4.78, 5) is 0. The van der Waals surface area contributed by atoms with Crippen molar-refractivity contribution in [3.05, 3.63) is 59.3 Å². The van der Waals surface area contributed by atoms with Crippen LogP contribution in [0.15, 0.2) is 41.0 Å². The molecule has 0 spiro atoms. The first-order valence-corrected chi connectivity index (χ1v) is 5.09. The molecule has 0 saturated heterocycles. The summed E-state index contributed by atoms with van der Waals surface area (Å²) >= 11 is 0. The highest BCUT2D eigenvalue weighted by molar-refractivity contribution is 5.34. The quantitative estimate of drug-likeness (QED) is 0.812.